The summed E-state index contributed by atoms with van der Waals surface area (Å²) in [7, 11) is 0. The van der Waals surface area contributed by atoms with E-state index >= 15 is 0 Å². The zero-order chi connectivity index (χ0) is 8.88. The lowest BCUT2D eigenvalue weighted by Gasteiger charge is -2.50. The summed E-state index contributed by atoms with van der Waals surface area (Å²) < 4.78 is 0. The van der Waals surface area contributed by atoms with Gasteiger partial charge in [-0.25, -0.2) is 0 Å². The first-order valence-electron chi connectivity index (χ1n) is 5.31. The molecule has 68 valence electrons. The molecule has 0 heterocycles. The van der Waals surface area contributed by atoms with E-state index in [1.54, 1.807) is 0 Å². The fourth-order valence-corrected chi connectivity index (χ4v) is 3.08. The molecule has 0 aromatic rings. The fourth-order valence-electron chi connectivity index (χ4n) is 3.08. The Balaban J connectivity index is 2.21. The lowest BCUT2D eigenvalue weighted by molar-refractivity contribution is 0.0427. The van der Waals surface area contributed by atoms with E-state index in [9.17, 15) is 0 Å². The first-order chi connectivity index (χ1) is 5.63. The van der Waals surface area contributed by atoms with Crippen molar-refractivity contribution in [2.24, 2.45) is 35.5 Å². The van der Waals surface area contributed by atoms with Gasteiger partial charge in [0.05, 0.1) is 0 Å². The molecule has 0 N–H and O–H groups in total. The minimum absolute atomic E-state index is 0.909. The van der Waals surface area contributed by atoms with Gasteiger partial charge < -0.3 is 0 Å². The van der Waals surface area contributed by atoms with E-state index in [0.29, 0.717) is 0 Å². The lowest BCUT2D eigenvalue weighted by atomic mass is 9.55. The summed E-state index contributed by atoms with van der Waals surface area (Å²) >= 11 is 0. The average molecular weight is 164 g/mol. The summed E-state index contributed by atoms with van der Waals surface area (Å²) in [6, 6.07) is 0. The highest BCUT2D eigenvalue weighted by Crippen LogP contribution is 2.50. The second-order valence-corrected chi connectivity index (χ2v) is 4.98. The normalized spacial score (nSPS) is 57.7. The van der Waals surface area contributed by atoms with Gasteiger partial charge in [-0.05, 0) is 35.5 Å². The Kier molecular flexibility index (Phi) is 1.82. The third kappa shape index (κ3) is 0.901. The van der Waals surface area contributed by atoms with Crippen LogP contribution in [0, 0.1) is 35.5 Å². The van der Waals surface area contributed by atoms with Gasteiger partial charge in [-0.2, -0.15) is 0 Å². The van der Waals surface area contributed by atoms with E-state index in [1.165, 1.54) is 0 Å². The van der Waals surface area contributed by atoms with Gasteiger partial charge in [-0.3, -0.25) is 0 Å². The monoisotopic (exact) mass is 164 g/mol. The Labute approximate surface area is 76.1 Å². The molecule has 0 aliphatic heterocycles. The third-order valence-corrected chi connectivity index (χ3v) is 4.70. The maximum absolute atomic E-state index is 2.42. The first-order valence-corrected chi connectivity index (χ1v) is 5.31. The van der Waals surface area contributed by atoms with Crippen LogP contribution >= 0.6 is 0 Å². The molecule has 0 heteroatoms. The SMILES string of the molecule is CC1C(C)C(C)C2C=CC2C1C. The van der Waals surface area contributed by atoms with Crippen molar-refractivity contribution in [1.82, 2.24) is 0 Å². The Morgan fingerprint density at radius 3 is 1.17 bits per heavy atom. The van der Waals surface area contributed by atoms with Gasteiger partial charge in [0.1, 0.15) is 0 Å². The van der Waals surface area contributed by atoms with Gasteiger partial charge >= 0.3 is 0 Å². The maximum Gasteiger partial charge on any atom is -0.0139 e. The highest BCUT2D eigenvalue weighted by molar-refractivity contribution is 5.15. The average Bonchev–Trinajstić information content (AvgIpc) is 1.97. The molecule has 0 amide bonds. The van der Waals surface area contributed by atoms with Crippen LogP contribution < -0.4 is 0 Å². The highest BCUT2D eigenvalue weighted by Gasteiger charge is 2.44. The van der Waals surface area contributed by atoms with Crippen LogP contribution in [0.15, 0.2) is 12.2 Å². The summed E-state index contributed by atoms with van der Waals surface area (Å²) in [6.45, 7) is 9.70. The molecule has 0 saturated heterocycles. The third-order valence-electron chi connectivity index (χ3n) is 4.70. The van der Waals surface area contributed by atoms with Crippen LogP contribution in [0.1, 0.15) is 27.7 Å². The van der Waals surface area contributed by atoms with Crippen LogP contribution in [0.25, 0.3) is 0 Å². The number of hydrogen-bond acceptors (Lipinski definition) is 0. The van der Waals surface area contributed by atoms with Crippen LogP contribution in [-0.2, 0) is 0 Å². The van der Waals surface area contributed by atoms with Crippen molar-refractivity contribution < 1.29 is 0 Å². The molecule has 1 fully saturated rings. The maximum atomic E-state index is 2.42. The molecular weight excluding hydrogens is 144 g/mol. The van der Waals surface area contributed by atoms with Crippen LogP contribution in [-0.4, -0.2) is 0 Å². The van der Waals surface area contributed by atoms with Crippen molar-refractivity contribution in [3.8, 4) is 0 Å². The first kappa shape index (κ1) is 8.34. The summed E-state index contributed by atoms with van der Waals surface area (Å²) in [5, 5.41) is 0. The predicted octanol–water partition coefficient (Wildman–Crippen LogP) is 3.35. The largest absolute Gasteiger partial charge is 0.0842 e. The number of rotatable bonds is 0. The molecule has 0 aromatic heterocycles. The molecule has 1 saturated carbocycles. The van der Waals surface area contributed by atoms with Crippen molar-refractivity contribution in [1.29, 1.82) is 0 Å². The second kappa shape index (κ2) is 2.61. The molecule has 0 radical (unpaired) electrons. The van der Waals surface area contributed by atoms with Crippen molar-refractivity contribution in [3.63, 3.8) is 0 Å². The molecule has 0 aromatic carbocycles. The molecule has 0 spiro atoms. The highest BCUT2D eigenvalue weighted by atomic mass is 14.5. The zero-order valence-corrected chi connectivity index (χ0v) is 8.62. The van der Waals surface area contributed by atoms with Gasteiger partial charge in [-0.1, -0.05) is 39.8 Å². The number of fused-ring (bicyclic) bond motifs is 1. The van der Waals surface area contributed by atoms with E-state index in [1.807, 2.05) is 0 Å². The molecular formula is C12H20. The molecule has 12 heavy (non-hydrogen) atoms. The molecule has 6 atom stereocenters. The zero-order valence-electron chi connectivity index (χ0n) is 8.62. The van der Waals surface area contributed by atoms with E-state index in [-0.39, 0.29) is 0 Å². The molecule has 0 bridgehead atoms. The standard InChI is InChI=1S/C12H20/c1-7-8(2)10(4)12-6-5-11(12)9(7)3/h5-12H,1-4H3. The minimum Gasteiger partial charge on any atom is -0.0842 e. The lowest BCUT2D eigenvalue weighted by Crippen LogP contribution is -2.44. The van der Waals surface area contributed by atoms with E-state index < -0.39 is 0 Å². The fraction of sp³-hybridized carbons (Fsp3) is 0.833. The van der Waals surface area contributed by atoms with Crippen molar-refractivity contribution in [3.05, 3.63) is 12.2 Å². The molecule has 6 unspecified atom stereocenters. The van der Waals surface area contributed by atoms with Gasteiger partial charge in [0.25, 0.3) is 0 Å². The van der Waals surface area contributed by atoms with E-state index in [0.717, 1.165) is 35.5 Å². The van der Waals surface area contributed by atoms with Gasteiger partial charge in [0, 0.05) is 0 Å². The van der Waals surface area contributed by atoms with Crippen molar-refractivity contribution in [2.45, 2.75) is 27.7 Å². The second-order valence-electron chi connectivity index (χ2n) is 4.98. The Morgan fingerprint density at radius 1 is 0.583 bits per heavy atom. The smallest absolute Gasteiger partial charge is 0.0139 e. The number of hydrogen-bond donors (Lipinski definition) is 0. The Morgan fingerprint density at radius 2 is 0.917 bits per heavy atom. The van der Waals surface area contributed by atoms with Crippen molar-refractivity contribution in [2.75, 3.05) is 0 Å². The van der Waals surface area contributed by atoms with Gasteiger partial charge in [0.15, 0.2) is 0 Å². The van der Waals surface area contributed by atoms with E-state index in [4.69, 9.17) is 0 Å². The van der Waals surface area contributed by atoms with Crippen LogP contribution in [0.4, 0.5) is 0 Å². The molecule has 2 aliphatic carbocycles. The van der Waals surface area contributed by atoms with Crippen molar-refractivity contribution >= 4 is 0 Å². The summed E-state index contributed by atoms with van der Waals surface area (Å²) in [4.78, 5) is 0. The minimum atomic E-state index is 0.909. The summed E-state index contributed by atoms with van der Waals surface area (Å²) in [5.41, 5.74) is 0. The van der Waals surface area contributed by atoms with Crippen LogP contribution in [0.3, 0.4) is 0 Å². The van der Waals surface area contributed by atoms with Crippen LogP contribution in [0.5, 0.6) is 0 Å². The molecule has 0 nitrogen and oxygen atoms in total. The quantitative estimate of drug-likeness (QED) is 0.482. The topological polar surface area (TPSA) is 0 Å². The Bertz CT molecular complexity index is 182. The van der Waals surface area contributed by atoms with Gasteiger partial charge in [-0.15, -0.1) is 0 Å². The van der Waals surface area contributed by atoms with Gasteiger partial charge in [0.2, 0.25) is 0 Å². The summed E-state index contributed by atoms with van der Waals surface area (Å²) in [5.74, 6) is 5.45. The molecule has 2 rings (SSSR count). The summed E-state index contributed by atoms with van der Waals surface area (Å²) in [6.07, 6.45) is 4.85. The molecule has 2 aliphatic rings. The van der Waals surface area contributed by atoms with E-state index in [2.05, 4.69) is 39.8 Å². The Hall–Kier alpha value is -0.260. The van der Waals surface area contributed by atoms with Crippen LogP contribution in [0.2, 0.25) is 0 Å². The predicted molar refractivity (Wildman–Crippen MR) is 52.8 cm³/mol. The number of allylic oxidation sites excluding steroid dienone is 2.